The Hall–Kier alpha value is -2.29. The predicted octanol–water partition coefficient (Wildman–Crippen LogP) is 4.09. The van der Waals surface area contributed by atoms with E-state index < -0.39 is 12.0 Å². The van der Waals surface area contributed by atoms with Gasteiger partial charge in [-0.2, -0.15) is 0 Å². The number of nitrogens with zero attached hydrogens (tertiary/aromatic N) is 3. The Morgan fingerprint density at radius 1 is 1.14 bits per heavy atom. The number of halogens is 2. The molecule has 3 rings (SSSR count). The second kappa shape index (κ2) is 12.1. The number of rotatable bonds is 7. The van der Waals surface area contributed by atoms with E-state index in [0.29, 0.717) is 54.6 Å². The molecule has 192 valence electrons. The zero-order valence-corrected chi connectivity index (χ0v) is 22.3. The number of ether oxygens (including phenoxy) is 1. The van der Waals surface area contributed by atoms with Crippen LogP contribution >= 0.6 is 23.2 Å². The van der Waals surface area contributed by atoms with Gasteiger partial charge in [0, 0.05) is 50.9 Å². The molecule has 0 aromatic heterocycles. The maximum atomic E-state index is 13.3. The molecule has 0 aliphatic carbocycles. The van der Waals surface area contributed by atoms with Gasteiger partial charge < -0.3 is 15.0 Å². The average Bonchev–Trinajstić information content (AvgIpc) is 3.05. The molecule has 8 nitrogen and oxygen atoms in total. The zero-order valence-electron chi connectivity index (χ0n) is 20.8. The number of benzene rings is 1. The van der Waals surface area contributed by atoms with Crippen LogP contribution in [0.1, 0.15) is 45.7 Å². The van der Waals surface area contributed by atoms with Crippen molar-refractivity contribution in [3.8, 4) is 0 Å². The lowest BCUT2D eigenvalue weighted by molar-refractivity contribution is -0.139. The summed E-state index contributed by atoms with van der Waals surface area (Å²) in [5.74, 6) is -0.421. The molecule has 2 aliphatic heterocycles. The van der Waals surface area contributed by atoms with Gasteiger partial charge in [-0.05, 0) is 31.9 Å². The van der Waals surface area contributed by atoms with Crippen LogP contribution in [0, 0.1) is 5.92 Å². The minimum absolute atomic E-state index is 0.0551. The summed E-state index contributed by atoms with van der Waals surface area (Å²) in [5.41, 5.74) is 1.46. The molecule has 2 heterocycles. The topological polar surface area (TPSA) is 82.2 Å². The highest BCUT2D eigenvalue weighted by Crippen LogP contribution is 2.37. The number of carbonyl (C=O) groups is 3. The summed E-state index contributed by atoms with van der Waals surface area (Å²) in [5, 5.41) is 3.54. The summed E-state index contributed by atoms with van der Waals surface area (Å²) < 4.78 is 5.43. The summed E-state index contributed by atoms with van der Waals surface area (Å²) in [4.78, 5) is 44.6. The fraction of sp³-hybridized carbons (Fsp3) is 0.560. The van der Waals surface area contributed by atoms with Gasteiger partial charge in [-0.1, -0.05) is 49.2 Å². The van der Waals surface area contributed by atoms with E-state index in [1.54, 1.807) is 30.0 Å². The Balaban J connectivity index is 2.01. The minimum atomic E-state index is -0.795. The van der Waals surface area contributed by atoms with Crippen molar-refractivity contribution in [2.75, 3.05) is 45.9 Å². The van der Waals surface area contributed by atoms with Crippen LogP contribution in [0.3, 0.4) is 0 Å². The molecule has 1 aromatic carbocycles. The Kier molecular flexibility index (Phi) is 9.44. The highest BCUT2D eigenvalue weighted by atomic mass is 35.5. The van der Waals surface area contributed by atoms with Crippen molar-refractivity contribution in [2.45, 2.75) is 40.2 Å². The molecule has 1 atom stereocenters. The van der Waals surface area contributed by atoms with Crippen molar-refractivity contribution < 1.29 is 19.1 Å². The van der Waals surface area contributed by atoms with Gasteiger partial charge in [0.25, 0.3) is 0 Å². The van der Waals surface area contributed by atoms with Gasteiger partial charge in [0.1, 0.15) is 0 Å². The highest BCUT2D eigenvalue weighted by molar-refractivity contribution is 6.42. The summed E-state index contributed by atoms with van der Waals surface area (Å²) >= 11 is 12.8. The lowest BCUT2D eigenvalue weighted by Gasteiger charge is -2.38. The van der Waals surface area contributed by atoms with Crippen LogP contribution in [0.15, 0.2) is 29.5 Å². The highest BCUT2D eigenvalue weighted by Gasteiger charge is 2.39. The number of hydrogen-bond donors (Lipinski definition) is 1. The van der Waals surface area contributed by atoms with Gasteiger partial charge in [0.05, 0.1) is 28.3 Å². The summed E-state index contributed by atoms with van der Waals surface area (Å²) in [6.45, 7) is 11.0. The third-order valence-corrected chi connectivity index (χ3v) is 7.14. The lowest BCUT2D eigenvalue weighted by Crippen LogP contribution is -2.51. The monoisotopic (exact) mass is 524 g/mol. The van der Waals surface area contributed by atoms with Crippen LogP contribution in [-0.2, 0) is 14.3 Å². The predicted molar refractivity (Wildman–Crippen MR) is 136 cm³/mol. The molecule has 0 saturated carbocycles. The van der Waals surface area contributed by atoms with Crippen LogP contribution in [0.4, 0.5) is 4.79 Å². The fourth-order valence-corrected chi connectivity index (χ4v) is 4.98. The number of likely N-dealkylation sites (N-methyl/N-ethyl adjacent to an activating group) is 1. The molecule has 0 spiro atoms. The SMILES string of the molecule is CCOC(=O)C1=C(CN2CCCN(C(=O)C(C)C)CC2)N(CC)C(=O)NC1c1cccc(Cl)c1Cl. The van der Waals surface area contributed by atoms with Crippen molar-refractivity contribution in [3.63, 3.8) is 0 Å². The van der Waals surface area contributed by atoms with Gasteiger partial charge >= 0.3 is 12.0 Å². The molecular weight excluding hydrogens is 491 g/mol. The molecule has 1 aromatic rings. The van der Waals surface area contributed by atoms with E-state index in [2.05, 4.69) is 10.2 Å². The van der Waals surface area contributed by atoms with Crippen molar-refractivity contribution in [1.82, 2.24) is 20.0 Å². The third-order valence-electron chi connectivity index (χ3n) is 6.31. The van der Waals surface area contributed by atoms with E-state index in [1.807, 2.05) is 25.7 Å². The van der Waals surface area contributed by atoms with E-state index >= 15 is 0 Å². The maximum Gasteiger partial charge on any atom is 0.338 e. The van der Waals surface area contributed by atoms with Crippen LogP contribution < -0.4 is 5.32 Å². The molecule has 1 unspecified atom stereocenters. The molecule has 0 radical (unpaired) electrons. The molecule has 3 amide bonds. The lowest BCUT2D eigenvalue weighted by atomic mass is 9.94. The van der Waals surface area contributed by atoms with Gasteiger partial charge in [-0.15, -0.1) is 0 Å². The first-order valence-electron chi connectivity index (χ1n) is 12.1. The normalized spacial score (nSPS) is 19.6. The van der Waals surface area contributed by atoms with E-state index in [1.165, 1.54) is 0 Å². The van der Waals surface area contributed by atoms with Crippen LogP contribution in [-0.4, -0.2) is 78.5 Å². The average molecular weight is 525 g/mol. The molecule has 1 N–H and O–H groups in total. The first-order chi connectivity index (χ1) is 16.7. The maximum absolute atomic E-state index is 13.3. The largest absolute Gasteiger partial charge is 0.463 e. The number of hydrogen-bond acceptors (Lipinski definition) is 5. The van der Waals surface area contributed by atoms with Gasteiger partial charge in [0.2, 0.25) is 5.91 Å². The second-order valence-corrected chi connectivity index (χ2v) is 9.75. The Labute approximate surface area is 217 Å². The van der Waals surface area contributed by atoms with Crippen molar-refractivity contribution in [2.24, 2.45) is 5.92 Å². The number of amides is 3. The molecule has 35 heavy (non-hydrogen) atoms. The molecule has 1 fully saturated rings. The Morgan fingerprint density at radius 3 is 2.54 bits per heavy atom. The van der Waals surface area contributed by atoms with Gasteiger partial charge in [0.15, 0.2) is 0 Å². The Bertz CT molecular complexity index is 998. The molecule has 2 aliphatic rings. The van der Waals surface area contributed by atoms with Crippen LogP contribution in [0.5, 0.6) is 0 Å². The van der Waals surface area contributed by atoms with Crippen LogP contribution in [0.2, 0.25) is 10.0 Å². The standard InChI is InChI=1S/C25H34Cl2N4O4/c1-5-31-19(15-29-11-8-12-30(14-13-29)23(32)16(3)4)20(24(33)35-6-2)22(28-25(31)34)17-9-7-10-18(26)21(17)27/h7,9-10,16,22H,5-6,8,11-15H2,1-4H3,(H,28,34). The van der Waals surface area contributed by atoms with E-state index in [-0.39, 0.29) is 29.5 Å². The summed E-state index contributed by atoms with van der Waals surface area (Å²) in [7, 11) is 0. The number of carbonyl (C=O) groups excluding carboxylic acids is 3. The fourth-order valence-electron chi connectivity index (χ4n) is 4.56. The van der Waals surface area contributed by atoms with Crippen molar-refractivity contribution in [3.05, 3.63) is 45.1 Å². The van der Waals surface area contributed by atoms with Gasteiger partial charge in [-0.3, -0.25) is 14.6 Å². The van der Waals surface area contributed by atoms with Crippen molar-refractivity contribution in [1.29, 1.82) is 0 Å². The first-order valence-corrected chi connectivity index (χ1v) is 12.9. The second-order valence-electron chi connectivity index (χ2n) is 8.96. The zero-order chi connectivity index (χ0) is 25.7. The minimum Gasteiger partial charge on any atom is -0.463 e. The molecular formula is C25H34Cl2N4O4. The summed E-state index contributed by atoms with van der Waals surface area (Å²) in [6, 6.07) is 4.03. The number of esters is 1. The van der Waals surface area contributed by atoms with Gasteiger partial charge in [-0.25, -0.2) is 9.59 Å². The van der Waals surface area contributed by atoms with E-state index in [4.69, 9.17) is 27.9 Å². The van der Waals surface area contributed by atoms with E-state index in [9.17, 15) is 14.4 Å². The van der Waals surface area contributed by atoms with E-state index in [0.717, 1.165) is 13.0 Å². The van der Waals surface area contributed by atoms with Crippen molar-refractivity contribution >= 4 is 41.1 Å². The molecule has 1 saturated heterocycles. The third kappa shape index (κ3) is 6.11. The smallest absolute Gasteiger partial charge is 0.338 e. The first kappa shape index (κ1) is 27.3. The van der Waals surface area contributed by atoms with Crippen LogP contribution in [0.25, 0.3) is 0 Å². The summed E-state index contributed by atoms with van der Waals surface area (Å²) in [6.07, 6.45) is 0.808. The molecule has 10 heteroatoms. The quantitative estimate of drug-likeness (QED) is 0.543. The number of nitrogens with one attached hydrogen (secondary N) is 1. The Morgan fingerprint density at radius 2 is 1.89 bits per heavy atom. The molecule has 0 bridgehead atoms. The number of urea groups is 1.